The van der Waals surface area contributed by atoms with Crippen LogP contribution in [0.4, 0.5) is 18.9 Å². The van der Waals surface area contributed by atoms with Gasteiger partial charge < -0.3 is 15.4 Å². The summed E-state index contributed by atoms with van der Waals surface area (Å²) in [4.78, 5) is 0. The third-order valence-corrected chi connectivity index (χ3v) is 2.72. The summed E-state index contributed by atoms with van der Waals surface area (Å²) < 4.78 is 43.4. The molecule has 0 saturated carbocycles. The van der Waals surface area contributed by atoms with Gasteiger partial charge in [-0.05, 0) is 37.3 Å². The van der Waals surface area contributed by atoms with Crippen molar-refractivity contribution in [2.24, 2.45) is 0 Å². The van der Waals surface area contributed by atoms with Crippen molar-refractivity contribution >= 4 is 23.0 Å². The molecule has 0 radical (unpaired) electrons. The molecule has 1 aromatic rings. The van der Waals surface area contributed by atoms with Crippen LogP contribution in [0.5, 0.6) is 0 Å². The molecule has 0 aliphatic carbocycles. The third-order valence-electron chi connectivity index (χ3n) is 2.50. The number of alkyl halides is 3. The average molecular weight is 317 g/mol. The first kappa shape index (κ1) is 17.2. The molecule has 0 heterocycles. The monoisotopic (exact) mass is 317 g/mol. The highest BCUT2D eigenvalue weighted by atomic mass is 32.1. The molecule has 1 unspecified atom stereocenters. The molecule has 1 rings (SSSR count). The van der Waals surface area contributed by atoms with Crippen LogP contribution in [-0.4, -0.2) is 24.9 Å². The Balaban J connectivity index is 2.86. The maximum absolute atomic E-state index is 12.8. The molecule has 8 heteroatoms. The first-order chi connectivity index (χ1) is 9.77. The smallest absolute Gasteiger partial charge is 0.383 e. The van der Waals surface area contributed by atoms with Crippen molar-refractivity contribution in [3.8, 4) is 6.07 Å². The molecular weight excluding hydrogens is 303 g/mol. The predicted molar refractivity (Wildman–Crippen MR) is 76.9 cm³/mol. The van der Waals surface area contributed by atoms with Gasteiger partial charge in [0.05, 0.1) is 23.8 Å². The molecule has 0 saturated heterocycles. The molecule has 0 amide bonds. The highest BCUT2D eigenvalue weighted by Gasteiger charge is 2.33. The van der Waals surface area contributed by atoms with E-state index in [0.717, 1.165) is 12.1 Å². The number of benzene rings is 1. The van der Waals surface area contributed by atoms with E-state index >= 15 is 0 Å². The number of anilines is 1. The van der Waals surface area contributed by atoms with Gasteiger partial charge in [-0.2, -0.15) is 18.4 Å². The van der Waals surface area contributed by atoms with Crippen LogP contribution in [0, 0.1) is 11.3 Å². The molecular formula is C13H14F3N3OS. The Kier molecular flexibility index (Phi) is 5.93. The Labute approximate surface area is 125 Å². The zero-order valence-corrected chi connectivity index (χ0v) is 12.2. The van der Waals surface area contributed by atoms with Crippen molar-refractivity contribution in [3.63, 3.8) is 0 Å². The maximum atomic E-state index is 12.8. The zero-order valence-electron chi connectivity index (χ0n) is 11.4. The number of hydrogen-bond donors (Lipinski definition) is 2. The van der Waals surface area contributed by atoms with Crippen LogP contribution >= 0.6 is 12.2 Å². The molecule has 1 aromatic carbocycles. The normalized spacial score (nSPS) is 12.4. The van der Waals surface area contributed by atoms with Crippen LogP contribution in [-0.2, 0) is 10.9 Å². The minimum Gasteiger partial charge on any atom is -0.383 e. The van der Waals surface area contributed by atoms with Crippen LogP contribution in [0.25, 0.3) is 0 Å². The van der Waals surface area contributed by atoms with Gasteiger partial charge >= 0.3 is 6.18 Å². The lowest BCUT2D eigenvalue weighted by molar-refractivity contribution is -0.137. The quantitative estimate of drug-likeness (QED) is 0.836. The van der Waals surface area contributed by atoms with Crippen LogP contribution in [0.15, 0.2) is 18.2 Å². The van der Waals surface area contributed by atoms with Gasteiger partial charge in [0.2, 0.25) is 0 Å². The van der Waals surface area contributed by atoms with Gasteiger partial charge in [-0.25, -0.2) is 0 Å². The van der Waals surface area contributed by atoms with Crippen molar-refractivity contribution in [3.05, 3.63) is 29.3 Å². The highest BCUT2D eigenvalue weighted by molar-refractivity contribution is 7.80. The lowest BCUT2D eigenvalue weighted by atomic mass is 10.1. The van der Waals surface area contributed by atoms with Crippen LogP contribution in [0.3, 0.4) is 0 Å². The van der Waals surface area contributed by atoms with Gasteiger partial charge in [0, 0.05) is 18.8 Å². The second kappa shape index (κ2) is 7.24. The number of ether oxygens (including phenoxy) is 1. The maximum Gasteiger partial charge on any atom is 0.417 e. The van der Waals surface area contributed by atoms with Gasteiger partial charge in [-0.3, -0.25) is 0 Å². The number of thiocarbonyl (C=S) groups is 1. The SMILES string of the molecule is COCC(C)NC(=S)Nc1ccc(C#N)c(C(F)(F)F)c1. The summed E-state index contributed by atoms with van der Waals surface area (Å²) in [6, 6.07) is 4.75. The van der Waals surface area contributed by atoms with Crippen molar-refractivity contribution in [1.29, 1.82) is 5.26 Å². The van der Waals surface area contributed by atoms with Crippen LogP contribution in [0.1, 0.15) is 18.1 Å². The van der Waals surface area contributed by atoms with Crippen molar-refractivity contribution in [1.82, 2.24) is 5.32 Å². The van der Waals surface area contributed by atoms with Crippen molar-refractivity contribution in [2.75, 3.05) is 19.0 Å². The zero-order chi connectivity index (χ0) is 16.0. The molecule has 0 aliphatic rings. The fourth-order valence-corrected chi connectivity index (χ4v) is 1.96. The van der Waals surface area contributed by atoms with Crippen molar-refractivity contribution in [2.45, 2.75) is 19.1 Å². The van der Waals surface area contributed by atoms with E-state index in [4.69, 9.17) is 22.2 Å². The molecule has 0 aromatic heterocycles. The molecule has 0 bridgehead atoms. The van der Waals surface area contributed by atoms with E-state index < -0.39 is 17.3 Å². The summed E-state index contributed by atoms with van der Waals surface area (Å²) >= 11 is 5.00. The van der Waals surface area contributed by atoms with E-state index in [1.54, 1.807) is 0 Å². The summed E-state index contributed by atoms with van der Waals surface area (Å²) in [6.45, 7) is 2.22. The van der Waals surface area contributed by atoms with E-state index in [9.17, 15) is 13.2 Å². The molecule has 2 N–H and O–H groups in total. The van der Waals surface area contributed by atoms with Crippen LogP contribution in [0.2, 0.25) is 0 Å². The van der Waals surface area contributed by atoms with Gasteiger partial charge in [-0.1, -0.05) is 0 Å². The molecule has 0 fully saturated rings. The van der Waals surface area contributed by atoms with Gasteiger partial charge in [0.1, 0.15) is 0 Å². The van der Waals surface area contributed by atoms with E-state index in [1.807, 2.05) is 6.92 Å². The average Bonchev–Trinajstić information content (AvgIpc) is 2.37. The summed E-state index contributed by atoms with van der Waals surface area (Å²) in [7, 11) is 1.53. The Morgan fingerprint density at radius 3 is 2.67 bits per heavy atom. The first-order valence-electron chi connectivity index (χ1n) is 5.95. The highest BCUT2D eigenvalue weighted by Crippen LogP contribution is 2.33. The summed E-state index contributed by atoms with van der Waals surface area (Å²) in [5.41, 5.74) is -1.27. The number of nitriles is 1. The fraction of sp³-hybridized carbons (Fsp3) is 0.385. The molecule has 21 heavy (non-hydrogen) atoms. The number of rotatable bonds is 4. The Morgan fingerprint density at radius 2 is 2.14 bits per heavy atom. The summed E-state index contributed by atoms with van der Waals surface area (Å²) in [5.74, 6) is 0. The molecule has 1 atom stereocenters. The van der Waals surface area contributed by atoms with Crippen molar-refractivity contribution < 1.29 is 17.9 Å². The van der Waals surface area contributed by atoms with Gasteiger partial charge in [-0.15, -0.1) is 0 Å². The number of nitrogens with zero attached hydrogens (tertiary/aromatic N) is 1. The summed E-state index contributed by atoms with van der Waals surface area (Å²) in [6.07, 6.45) is -4.60. The first-order valence-corrected chi connectivity index (χ1v) is 6.36. The Bertz CT molecular complexity index is 555. The lowest BCUT2D eigenvalue weighted by Gasteiger charge is -2.17. The standard InChI is InChI=1S/C13H14F3N3OS/c1-8(7-20-2)18-12(21)19-10-4-3-9(6-17)11(5-10)13(14,15)16/h3-5,8H,7H2,1-2H3,(H2,18,19,21). The summed E-state index contributed by atoms with van der Waals surface area (Å²) in [5, 5.41) is 14.4. The number of hydrogen-bond acceptors (Lipinski definition) is 3. The van der Waals surface area contributed by atoms with E-state index in [0.29, 0.717) is 6.61 Å². The molecule has 0 aliphatic heterocycles. The Morgan fingerprint density at radius 1 is 1.48 bits per heavy atom. The molecule has 4 nitrogen and oxygen atoms in total. The van der Waals surface area contributed by atoms with Gasteiger partial charge in [0.15, 0.2) is 5.11 Å². The minimum atomic E-state index is -4.60. The minimum absolute atomic E-state index is 0.0875. The van der Waals surface area contributed by atoms with E-state index in [2.05, 4.69) is 10.6 Å². The van der Waals surface area contributed by atoms with Gasteiger partial charge in [0.25, 0.3) is 0 Å². The third kappa shape index (κ3) is 5.21. The number of halogens is 3. The van der Waals surface area contributed by atoms with E-state index in [1.165, 1.54) is 19.2 Å². The second-order valence-electron chi connectivity index (χ2n) is 4.32. The largest absolute Gasteiger partial charge is 0.417 e. The lowest BCUT2D eigenvalue weighted by Crippen LogP contribution is -2.38. The predicted octanol–water partition coefficient (Wildman–Crippen LogP) is 2.90. The topological polar surface area (TPSA) is 57.1 Å². The van der Waals surface area contributed by atoms with Crippen LogP contribution < -0.4 is 10.6 Å². The molecule has 0 spiro atoms. The second-order valence-corrected chi connectivity index (χ2v) is 4.73. The fourth-order valence-electron chi connectivity index (χ4n) is 1.64. The molecule has 114 valence electrons. The Hall–Kier alpha value is -1.85. The number of nitrogens with one attached hydrogen (secondary N) is 2. The van der Waals surface area contributed by atoms with E-state index in [-0.39, 0.29) is 16.8 Å². The number of methoxy groups -OCH3 is 1.